The molecule has 0 aliphatic carbocycles. The van der Waals surface area contributed by atoms with Gasteiger partial charge in [0.15, 0.2) is 18.1 Å². The van der Waals surface area contributed by atoms with E-state index < -0.39 is 24.5 Å². The maximum Gasteiger partial charge on any atom is 0.339 e. The molecule has 3 amide bonds. The summed E-state index contributed by atoms with van der Waals surface area (Å²) < 4.78 is 10.3. The Kier molecular flexibility index (Phi) is 5.33. The summed E-state index contributed by atoms with van der Waals surface area (Å²) in [6.07, 6.45) is 0. The highest BCUT2D eigenvalue weighted by Crippen LogP contribution is 2.31. The fourth-order valence-electron chi connectivity index (χ4n) is 1.41. The number of rotatable bonds is 6. The number of nitrogens with one attached hydrogen (secondary N) is 1. The Morgan fingerprint density at radius 2 is 2.00 bits per heavy atom. The second kappa shape index (κ2) is 6.98. The van der Waals surface area contributed by atoms with E-state index >= 15 is 0 Å². The molecule has 0 aliphatic rings. The van der Waals surface area contributed by atoms with E-state index in [9.17, 15) is 14.4 Å². The normalized spacial score (nSPS) is 9.65. The number of ether oxygens (including phenoxy) is 2. The van der Waals surface area contributed by atoms with Crippen LogP contribution in [0.2, 0.25) is 0 Å². The van der Waals surface area contributed by atoms with Gasteiger partial charge < -0.3 is 20.3 Å². The third kappa shape index (κ3) is 4.16. The molecule has 8 nitrogen and oxygen atoms in total. The van der Waals surface area contributed by atoms with Crippen LogP contribution in [0.3, 0.4) is 0 Å². The highest BCUT2D eigenvalue weighted by atomic mass is 16.5. The number of imide groups is 1. The van der Waals surface area contributed by atoms with E-state index in [1.807, 2.05) is 0 Å². The molecule has 0 bridgehead atoms. The number of carboxylic acids is 1. The first-order valence-corrected chi connectivity index (χ1v) is 5.66. The van der Waals surface area contributed by atoms with Crippen LogP contribution in [-0.4, -0.2) is 36.2 Å². The second-order valence-corrected chi connectivity index (χ2v) is 3.57. The molecule has 1 rings (SSSR count). The van der Waals surface area contributed by atoms with Gasteiger partial charge in [-0.05, 0) is 19.1 Å². The fourth-order valence-corrected chi connectivity index (χ4v) is 1.41. The lowest BCUT2D eigenvalue weighted by Crippen LogP contribution is -2.38. The Hall–Kier alpha value is -2.77. The molecule has 0 spiro atoms. The van der Waals surface area contributed by atoms with Crippen LogP contribution in [0.4, 0.5) is 4.79 Å². The summed E-state index contributed by atoms with van der Waals surface area (Å²) in [5.74, 6) is -1.90. The lowest BCUT2D eigenvalue weighted by atomic mass is 10.2. The van der Waals surface area contributed by atoms with Gasteiger partial charge in [0.05, 0.1) is 6.61 Å². The number of nitrogens with two attached hydrogens (primary N) is 1. The van der Waals surface area contributed by atoms with Crippen LogP contribution in [0.1, 0.15) is 17.3 Å². The van der Waals surface area contributed by atoms with Gasteiger partial charge in [-0.25, -0.2) is 9.59 Å². The van der Waals surface area contributed by atoms with E-state index in [-0.39, 0.29) is 17.1 Å². The first-order chi connectivity index (χ1) is 9.45. The second-order valence-electron chi connectivity index (χ2n) is 3.57. The smallest absolute Gasteiger partial charge is 0.339 e. The van der Waals surface area contributed by atoms with Crippen LogP contribution in [-0.2, 0) is 4.79 Å². The molecule has 4 N–H and O–H groups in total. The molecule has 0 atom stereocenters. The number of para-hydroxylation sites is 1. The fraction of sp³-hybridized carbons (Fsp3) is 0.250. The van der Waals surface area contributed by atoms with Gasteiger partial charge in [0.2, 0.25) is 0 Å². The van der Waals surface area contributed by atoms with Crippen molar-refractivity contribution in [3.8, 4) is 11.5 Å². The number of primary amides is 1. The van der Waals surface area contributed by atoms with Crippen LogP contribution in [0.25, 0.3) is 0 Å². The molecule has 0 unspecified atom stereocenters. The number of hydrogen-bond donors (Lipinski definition) is 3. The summed E-state index contributed by atoms with van der Waals surface area (Å²) >= 11 is 0. The number of carbonyl (C=O) groups is 3. The number of benzene rings is 1. The first kappa shape index (κ1) is 15.3. The van der Waals surface area contributed by atoms with Crippen LogP contribution < -0.4 is 20.5 Å². The van der Waals surface area contributed by atoms with Crippen LogP contribution in [0, 0.1) is 0 Å². The zero-order valence-corrected chi connectivity index (χ0v) is 10.7. The third-order valence-electron chi connectivity index (χ3n) is 2.12. The van der Waals surface area contributed by atoms with Crippen LogP contribution >= 0.6 is 0 Å². The van der Waals surface area contributed by atoms with Crippen molar-refractivity contribution < 1.29 is 29.0 Å². The largest absolute Gasteiger partial charge is 0.490 e. The summed E-state index contributed by atoms with van der Waals surface area (Å²) in [7, 11) is 0. The van der Waals surface area contributed by atoms with Gasteiger partial charge in [-0.1, -0.05) is 6.07 Å². The third-order valence-corrected chi connectivity index (χ3v) is 2.12. The summed E-state index contributed by atoms with van der Waals surface area (Å²) in [5, 5.41) is 10.9. The monoisotopic (exact) mass is 282 g/mol. The SMILES string of the molecule is CCOc1cccc(C(=O)O)c1OCC(=O)NC(N)=O. The van der Waals surface area contributed by atoms with Crippen LogP contribution in [0.5, 0.6) is 11.5 Å². The summed E-state index contributed by atoms with van der Waals surface area (Å²) in [6, 6.07) is 3.30. The minimum atomic E-state index is -1.23. The van der Waals surface area contributed by atoms with Gasteiger partial charge in [0.25, 0.3) is 5.91 Å². The molecule has 0 aliphatic heterocycles. The predicted octanol–water partition coefficient (Wildman–Crippen LogP) is 0.357. The van der Waals surface area contributed by atoms with E-state index in [2.05, 4.69) is 0 Å². The van der Waals surface area contributed by atoms with Gasteiger partial charge in [0.1, 0.15) is 5.56 Å². The maximum absolute atomic E-state index is 11.3. The maximum atomic E-state index is 11.3. The molecule has 1 aromatic rings. The molecule has 0 saturated heterocycles. The quantitative estimate of drug-likeness (QED) is 0.691. The van der Waals surface area contributed by atoms with Crippen molar-refractivity contribution >= 4 is 17.9 Å². The van der Waals surface area contributed by atoms with E-state index in [0.29, 0.717) is 6.61 Å². The number of carboxylic acid groups (broad SMARTS) is 1. The minimum Gasteiger partial charge on any atom is -0.490 e. The van der Waals surface area contributed by atoms with Gasteiger partial charge in [0, 0.05) is 0 Å². The van der Waals surface area contributed by atoms with Crippen molar-refractivity contribution in [3.63, 3.8) is 0 Å². The van der Waals surface area contributed by atoms with Crippen molar-refractivity contribution in [2.75, 3.05) is 13.2 Å². The molecule has 20 heavy (non-hydrogen) atoms. The molecule has 0 heterocycles. The highest BCUT2D eigenvalue weighted by molar-refractivity contribution is 5.95. The number of carbonyl (C=O) groups excluding carboxylic acids is 2. The lowest BCUT2D eigenvalue weighted by Gasteiger charge is -2.13. The topological polar surface area (TPSA) is 128 Å². The Bertz CT molecular complexity index is 529. The molecule has 108 valence electrons. The van der Waals surface area contributed by atoms with Crippen LogP contribution in [0.15, 0.2) is 18.2 Å². The molecule has 0 radical (unpaired) electrons. The van der Waals surface area contributed by atoms with Gasteiger partial charge >= 0.3 is 12.0 Å². The molecule has 0 fully saturated rings. The van der Waals surface area contributed by atoms with Gasteiger partial charge in [-0.2, -0.15) is 0 Å². The zero-order chi connectivity index (χ0) is 15.1. The van der Waals surface area contributed by atoms with Gasteiger partial charge in [-0.3, -0.25) is 10.1 Å². The number of urea groups is 1. The summed E-state index contributed by atoms with van der Waals surface area (Å²) in [6.45, 7) is 1.46. The van der Waals surface area contributed by atoms with Crippen molar-refractivity contribution in [2.45, 2.75) is 6.92 Å². The molecule has 0 aromatic heterocycles. The van der Waals surface area contributed by atoms with E-state index in [1.165, 1.54) is 18.2 Å². The lowest BCUT2D eigenvalue weighted by molar-refractivity contribution is -0.121. The Morgan fingerprint density at radius 3 is 2.55 bits per heavy atom. The number of amides is 3. The van der Waals surface area contributed by atoms with E-state index in [0.717, 1.165) is 0 Å². The average Bonchev–Trinajstić information content (AvgIpc) is 2.36. The van der Waals surface area contributed by atoms with E-state index in [4.69, 9.17) is 20.3 Å². The molecule has 0 saturated carbocycles. The summed E-state index contributed by atoms with van der Waals surface area (Å²) in [5.41, 5.74) is 4.62. The molecule has 1 aromatic carbocycles. The standard InChI is InChI=1S/C12H14N2O6/c1-2-19-8-5-3-4-7(11(16)17)10(8)20-6-9(15)14-12(13)18/h3-5H,2,6H2,1H3,(H,16,17)(H3,13,14,15,18). The zero-order valence-electron chi connectivity index (χ0n) is 10.7. The van der Waals surface area contributed by atoms with Gasteiger partial charge in [-0.15, -0.1) is 0 Å². The molecular weight excluding hydrogens is 268 g/mol. The minimum absolute atomic E-state index is 0.0820. The van der Waals surface area contributed by atoms with Crippen molar-refractivity contribution in [1.82, 2.24) is 5.32 Å². The number of aromatic carboxylic acids is 1. The average molecular weight is 282 g/mol. The molecule has 8 heteroatoms. The highest BCUT2D eigenvalue weighted by Gasteiger charge is 2.18. The first-order valence-electron chi connectivity index (χ1n) is 5.66. The van der Waals surface area contributed by atoms with Crippen molar-refractivity contribution in [2.24, 2.45) is 5.73 Å². The number of hydrogen-bond acceptors (Lipinski definition) is 5. The molecular formula is C12H14N2O6. The van der Waals surface area contributed by atoms with Crippen molar-refractivity contribution in [3.05, 3.63) is 23.8 Å². The predicted molar refractivity (Wildman–Crippen MR) is 67.8 cm³/mol. The summed E-state index contributed by atoms with van der Waals surface area (Å²) in [4.78, 5) is 32.8. The Balaban J connectivity index is 2.93. The Morgan fingerprint density at radius 1 is 1.30 bits per heavy atom. The van der Waals surface area contributed by atoms with Crippen molar-refractivity contribution in [1.29, 1.82) is 0 Å². The van der Waals surface area contributed by atoms with E-state index in [1.54, 1.807) is 12.2 Å². The Labute approximate surface area is 114 Å².